The summed E-state index contributed by atoms with van der Waals surface area (Å²) in [6.07, 6.45) is 0. The van der Waals surface area contributed by atoms with Crippen LogP contribution in [0.1, 0.15) is 22.8 Å². The molecule has 0 saturated heterocycles. The molecule has 1 unspecified atom stereocenters. The van der Waals surface area contributed by atoms with Crippen LogP contribution in [0.5, 0.6) is 5.75 Å². The van der Waals surface area contributed by atoms with Crippen molar-refractivity contribution < 1.29 is 24.2 Å². The SMILES string of the molecule is COCC(C)(NC(=O)c1ccc(OC)cc1C)C(=O)O. The quantitative estimate of drug-likeness (QED) is 0.819. The van der Waals surface area contributed by atoms with E-state index in [1.165, 1.54) is 21.1 Å². The number of methoxy groups -OCH3 is 2. The minimum absolute atomic E-state index is 0.122. The van der Waals surface area contributed by atoms with E-state index in [0.29, 0.717) is 16.9 Å². The lowest BCUT2D eigenvalue weighted by atomic mass is 10.0. The second kappa shape index (κ2) is 6.38. The van der Waals surface area contributed by atoms with Crippen LogP contribution in [-0.4, -0.2) is 43.3 Å². The van der Waals surface area contributed by atoms with Crippen molar-refractivity contribution in [3.8, 4) is 5.75 Å². The topological polar surface area (TPSA) is 84.9 Å². The van der Waals surface area contributed by atoms with E-state index >= 15 is 0 Å². The van der Waals surface area contributed by atoms with Crippen molar-refractivity contribution in [3.63, 3.8) is 0 Å². The van der Waals surface area contributed by atoms with E-state index in [1.54, 1.807) is 25.1 Å². The van der Waals surface area contributed by atoms with Gasteiger partial charge in [-0.05, 0) is 37.6 Å². The van der Waals surface area contributed by atoms with Gasteiger partial charge in [-0.25, -0.2) is 4.79 Å². The van der Waals surface area contributed by atoms with Crippen LogP contribution in [0.15, 0.2) is 18.2 Å². The molecule has 0 fully saturated rings. The van der Waals surface area contributed by atoms with Crippen molar-refractivity contribution in [2.45, 2.75) is 19.4 Å². The normalized spacial score (nSPS) is 13.4. The highest BCUT2D eigenvalue weighted by Crippen LogP contribution is 2.17. The van der Waals surface area contributed by atoms with Crippen molar-refractivity contribution >= 4 is 11.9 Å². The number of ether oxygens (including phenoxy) is 2. The molecule has 0 spiro atoms. The van der Waals surface area contributed by atoms with E-state index in [0.717, 1.165) is 0 Å². The Morgan fingerprint density at radius 3 is 2.45 bits per heavy atom. The number of carboxylic acid groups (broad SMARTS) is 1. The third kappa shape index (κ3) is 3.48. The fraction of sp³-hybridized carbons (Fsp3) is 0.429. The smallest absolute Gasteiger partial charge is 0.331 e. The zero-order valence-electron chi connectivity index (χ0n) is 12.0. The van der Waals surface area contributed by atoms with Gasteiger partial charge in [0.05, 0.1) is 13.7 Å². The Balaban J connectivity index is 2.98. The van der Waals surface area contributed by atoms with Crippen molar-refractivity contribution in [3.05, 3.63) is 29.3 Å². The maximum Gasteiger partial charge on any atom is 0.331 e. The number of aliphatic carboxylic acids is 1. The van der Waals surface area contributed by atoms with Gasteiger partial charge >= 0.3 is 5.97 Å². The summed E-state index contributed by atoms with van der Waals surface area (Å²) in [6.45, 7) is 3.03. The van der Waals surface area contributed by atoms with Crippen LogP contribution >= 0.6 is 0 Å². The van der Waals surface area contributed by atoms with Gasteiger partial charge < -0.3 is 19.9 Å². The van der Waals surface area contributed by atoms with Gasteiger partial charge in [-0.3, -0.25) is 4.79 Å². The zero-order chi connectivity index (χ0) is 15.3. The van der Waals surface area contributed by atoms with Crippen LogP contribution in [0, 0.1) is 6.92 Å². The summed E-state index contributed by atoms with van der Waals surface area (Å²) in [5.41, 5.74) is -0.376. The first-order chi connectivity index (χ1) is 9.34. The van der Waals surface area contributed by atoms with Gasteiger partial charge in [-0.1, -0.05) is 0 Å². The van der Waals surface area contributed by atoms with Gasteiger partial charge in [0.2, 0.25) is 0 Å². The predicted octanol–water partition coefficient (Wildman–Crippen LogP) is 1.22. The molecule has 1 aromatic rings. The van der Waals surface area contributed by atoms with Crippen LogP contribution < -0.4 is 10.1 Å². The summed E-state index contributed by atoms with van der Waals surface area (Å²) in [4.78, 5) is 23.4. The number of amides is 1. The third-order valence-corrected chi connectivity index (χ3v) is 2.97. The fourth-order valence-corrected chi connectivity index (χ4v) is 1.78. The van der Waals surface area contributed by atoms with Crippen LogP contribution in [0.4, 0.5) is 0 Å². The molecule has 1 atom stereocenters. The van der Waals surface area contributed by atoms with Gasteiger partial charge in [0, 0.05) is 12.7 Å². The molecule has 0 bridgehead atoms. The number of nitrogens with one attached hydrogen (secondary N) is 1. The summed E-state index contributed by atoms with van der Waals surface area (Å²) >= 11 is 0. The molecule has 20 heavy (non-hydrogen) atoms. The molecule has 0 aromatic heterocycles. The number of carbonyl (C=O) groups is 2. The Bertz CT molecular complexity index is 514. The molecule has 0 heterocycles. The summed E-state index contributed by atoms with van der Waals surface area (Å²) < 4.78 is 9.92. The van der Waals surface area contributed by atoms with E-state index in [9.17, 15) is 14.7 Å². The fourth-order valence-electron chi connectivity index (χ4n) is 1.78. The van der Waals surface area contributed by atoms with E-state index in [4.69, 9.17) is 9.47 Å². The molecule has 6 heteroatoms. The monoisotopic (exact) mass is 281 g/mol. The van der Waals surface area contributed by atoms with Gasteiger partial charge in [0.25, 0.3) is 5.91 Å². The Morgan fingerprint density at radius 2 is 2.00 bits per heavy atom. The third-order valence-electron chi connectivity index (χ3n) is 2.97. The lowest BCUT2D eigenvalue weighted by Gasteiger charge is -2.25. The molecule has 0 radical (unpaired) electrons. The standard InChI is InChI=1S/C14H19NO5/c1-9-7-10(20-4)5-6-11(9)12(16)15-14(2,8-19-3)13(17)18/h5-7H,8H2,1-4H3,(H,15,16)(H,17,18). The predicted molar refractivity (Wildman–Crippen MR) is 73.1 cm³/mol. The van der Waals surface area contributed by atoms with Crippen LogP contribution in [0.25, 0.3) is 0 Å². The van der Waals surface area contributed by atoms with E-state index in [1.807, 2.05) is 0 Å². The Kier molecular flexibility index (Phi) is 5.10. The van der Waals surface area contributed by atoms with Crippen LogP contribution in [0.3, 0.4) is 0 Å². The largest absolute Gasteiger partial charge is 0.497 e. The van der Waals surface area contributed by atoms with Crippen molar-refractivity contribution in [1.29, 1.82) is 0 Å². The maximum atomic E-state index is 12.2. The molecule has 110 valence electrons. The number of carbonyl (C=O) groups excluding carboxylic acids is 1. The second-order valence-corrected chi connectivity index (χ2v) is 4.71. The summed E-state index contributed by atoms with van der Waals surface area (Å²) in [6, 6.07) is 4.96. The summed E-state index contributed by atoms with van der Waals surface area (Å²) in [5, 5.41) is 11.7. The lowest BCUT2D eigenvalue weighted by Crippen LogP contribution is -2.55. The second-order valence-electron chi connectivity index (χ2n) is 4.71. The van der Waals surface area contributed by atoms with E-state index in [-0.39, 0.29) is 6.61 Å². The zero-order valence-corrected chi connectivity index (χ0v) is 12.0. The van der Waals surface area contributed by atoms with Crippen LogP contribution in [-0.2, 0) is 9.53 Å². The first kappa shape index (κ1) is 16.0. The number of hydrogen-bond donors (Lipinski definition) is 2. The highest BCUT2D eigenvalue weighted by molar-refractivity contribution is 5.99. The Labute approximate surface area is 117 Å². The molecule has 1 rings (SSSR count). The Morgan fingerprint density at radius 1 is 1.35 bits per heavy atom. The lowest BCUT2D eigenvalue weighted by molar-refractivity contribution is -0.145. The number of benzene rings is 1. The van der Waals surface area contributed by atoms with Gasteiger partial charge in [0.15, 0.2) is 5.54 Å². The summed E-state index contributed by atoms with van der Waals surface area (Å²) in [5.74, 6) is -0.983. The molecule has 0 aliphatic heterocycles. The minimum atomic E-state index is -1.47. The molecule has 0 aliphatic rings. The van der Waals surface area contributed by atoms with E-state index in [2.05, 4.69) is 5.32 Å². The maximum absolute atomic E-state index is 12.2. The average molecular weight is 281 g/mol. The molecule has 2 N–H and O–H groups in total. The first-order valence-electron chi connectivity index (χ1n) is 6.03. The summed E-state index contributed by atoms with van der Waals surface area (Å²) in [7, 11) is 2.92. The molecule has 0 saturated carbocycles. The first-order valence-corrected chi connectivity index (χ1v) is 6.03. The average Bonchev–Trinajstić information content (AvgIpc) is 2.38. The molecular formula is C14H19NO5. The van der Waals surface area contributed by atoms with Crippen molar-refractivity contribution in [2.75, 3.05) is 20.8 Å². The number of carboxylic acids is 1. The molecule has 0 aliphatic carbocycles. The van der Waals surface area contributed by atoms with Crippen molar-refractivity contribution in [1.82, 2.24) is 5.32 Å². The number of hydrogen-bond acceptors (Lipinski definition) is 4. The molecular weight excluding hydrogens is 262 g/mol. The van der Waals surface area contributed by atoms with Crippen LogP contribution in [0.2, 0.25) is 0 Å². The Hall–Kier alpha value is -2.08. The highest BCUT2D eigenvalue weighted by atomic mass is 16.5. The van der Waals surface area contributed by atoms with E-state index < -0.39 is 17.4 Å². The molecule has 1 aromatic carbocycles. The van der Waals surface area contributed by atoms with Crippen molar-refractivity contribution in [2.24, 2.45) is 0 Å². The van der Waals surface area contributed by atoms with Gasteiger partial charge in [-0.15, -0.1) is 0 Å². The minimum Gasteiger partial charge on any atom is -0.497 e. The molecule has 1 amide bonds. The van der Waals surface area contributed by atoms with Gasteiger partial charge in [-0.2, -0.15) is 0 Å². The molecule has 6 nitrogen and oxygen atoms in total. The number of aryl methyl sites for hydroxylation is 1. The highest BCUT2D eigenvalue weighted by Gasteiger charge is 2.35. The van der Waals surface area contributed by atoms with Gasteiger partial charge in [0.1, 0.15) is 5.75 Å². The number of rotatable bonds is 6.